The largest absolute Gasteiger partial charge is 0.370 e. The van der Waals surface area contributed by atoms with Crippen molar-refractivity contribution in [3.63, 3.8) is 0 Å². The van der Waals surface area contributed by atoms with Crippen molar-refractivity contribution in [2.75, 3.05) is 18.0 Å². The second-order valence-electron chi connectivity index (χ2n) is 5.75. The molecule has 0 saturated carbocycles. The molecule has 2 heterocycles. The predicted molar refractivity (Wildman–Crippen MR) is 83.3 cm³/mol. The van der Waals surface area contributed by atoms with Gasteiger partial charge in [0.1, 0.15) is 5.69 Å². The number of hydrogen-bond acceptors (Lipinski definition) is 3. The van der Waals surface area contributed by atoms with Crippen LogP contribution in [0, 0.1) is 5.92 Å². The zero-order valence-corrected chi connectivity index (χ0v) is 12.8. The molecular formula is C17H26N2O. The first-order valence-corrected chi connectivity index (χ1v) is 7.98. The molecule has 20 heavy (non-hydrogen) atoms. The van der Waals surface area contributed by atoms with Gasteiger partial charge >= 0.3 is 0 Å². The fourth-order valence-electron chi connectivity index (χ4n) is 3.04. The van der Waals surface area contributed by atoms with E-state index in [1.54, 1.807) is 0 Å². The third-order valence-electron chi connectivity index (χ3n) is 4.26. The molecule has 1 fully saturated rings. The van der Waals surface area contributed by atoms with E-state index in [9.17, 15) is 4.79 Å². The van der Waals surface area contributed by atoms with Crippen molar-refractivity contribution >= 4 is 11.5 Å². The number of carbonyl (C=O) groups excluding carboxylic acids is 1. The van der Waals surface area contributed by atoms with E-state index in [4.69, 9.17) is 0 Å². The summed E-state index contributed by atoms with van der Waals surface area (Å²) in [4.78, 5) is 18.3. The lowest BCUT2D eigenvalue weighted by Gasteiger charge is -2.22. The lowest BCUT2D eigenvalue weighted by molar-refractivity contribution is 0.0983. The summed E-state index contributed by atoms with van der Waals surface area (Å²) in [6.07, 6.45) is 8.93. The van der Waals surface area contributed by atoms with Gasteiger partial charge in [0, 0.05) is 19.5 Å². The van der Waals surface area contributed by atoms with Crippen LogP contribution >= 0.6 is 0 Å². The normalized spacial score (nSPS) is 19.7. The first-order chi connectivity index (χ1) is 9.74. The van der Waals surface area contributed by atoms with Gasteiger partial charge in [-0.25, -0.2) is 0 Å². The van der Waals surface area contributed by atoms with Gasteiger partial charge in [-0.15, -0.1) is 0 Å². The molecular weight excluding hydrogens is 248 g/mol. The fourth-order valence-corrected chi connectivity index (χ4v) is 3.04. The van der Waals surface area contributed by atoms with Gasteiger partial charge in [-0.05, 0) is 37.3 Å². The fraction of sp³-hybridized carbons (Fsp3) is 0.647. The molecule has 3 heteroatoms. The van der Waals surface area contributed by atoms with Gasteiger partial charge in [0.05, 0.1) is 11.9 Å². The summed E-state index contributed by atoms with van der Waals surface area (Å²) < 4.78 is 0. The number of anilines is 1. The van der Waals surface area contributed by atoms with Gasteiger partial charge in [-0.2, -0.15) is 0 Å². The minimum Gasteiger partial charge on any atom is -0.370 e. The van der Waals surface area contributed by atoms with E-state index >= 15 is 0 Å². The highest BCUT2D eigenvalue weighted by molar-refractivity contribution is 5.94. The Morgan fingerprint density at radius 1 is 1.30 bits per heavy atom. The highest BCUT2D eigenvalue weighted by Gasteiger charge is 2.17. The number of aromatic nitrogens is 1. The predicted octanol–water partition coefficient (Wildman–Crippen LogP) is 4.08. The van der Waals surface area contributed by atoms with E-state index in [2.05, 4.69) is 22.9 Å². The van der Waals surface area contributed by atoms with Crippen molar-refractivity contribution in [3.8, 4) is 0 Å². The molecule has 0 aromatic carbocycles. The van der Waals surface area contributed by atoms with Crippen molar-refractivity contribution in [1.29, 1.82) is 0 Å². The number of nitrogens with zero attached hydrogens (tertiary/aromatic N) is 2. The van der Waals surface area contributed by atoms with Gasteiger partial charge < -0.3 is 4.90 Å². The van der Waals surface area contributed by atoms with Crippen molar-refractivity contribution in [2.24, 2.45) is 5.92 Å². The number of hydrogen-bond donors (Lipinski definition) is 0. The number of Topliss-reactive ketones (excluding diaryl/α,β-unsaturated/α-hetero) is 1. The minimum atomic E-state index is 0.121. The molecule has 2 rings (SSSR count). The van der Waals surface area contributed by atoms with Gasteiger partial charge in [-0.1, -0.05) is 26.7 Å². The molecule has 1 aromatic heterocycles. The zero-order valence-electron chi connectivity index (χ0n) is 12.8. The summed E-state index contributed by atoms with van der Waals surface area (Å²) in [6, 6.07) is 3.92. The quantitative estimate of drug-likeness (QED) is 0.758. The molecule has 3 nitrogen and oxygen atoms in total. The van der Waals surface area contributed by atoms with Crippen molar-refractivity contribution in [3.05, 3.63) is 24.0 Å². The Morgan fingerprint density at radius 2 is 2.15 bits per heavy atom. The van der Waals surface area contributed by atoms with E-state index in [0.717, 1.165) is 24.7 Å². The van der Waals surface area contributed by atoms with Crippen LogP contribution in [-0.4, -0.2) is 23.9 Å². The van der Waals surface area contributed by atoms with Gasteiger partial charge in [0.25, 0.3) is 0 Å². The second kappa shape index (κ2) is 7.41. The average Bonchev–Trinajstić information content (AvgIpc) is 2.73. The molecule has 1 aliphatic rings. The number of rotatable bonds is 5. The molecule has 0 aliphatic carbocycles. The average molecular weight is 274 g/mol. The van der Waals surface area contributed by atoms with Crippen molar-refractivity contribution in [1.82, 2.24) is 4.98 Å². The molecule has 0 N–H and O–H groups in total. The standard InChI is InChI=1S/C17H26N2O/c1-3-6-14-7-5-11-19(12-10-14)15-8-9-16(18-13-15)17(20)4-2/h8-9,13-14H,3-7,10-12H2,1-2H3. The number of pyridine rings is 1. The van der Waals surface area contributed by atoms with Crippen molar-refractivity contribution < 1.29 is 4.79 Å². The number of carbonyl (C=O) groups is 1. The maximum absolute atomic E-state index is 11.6. The Bertz CT molecular complexity index is 427. The zero-order chi connectivity index (χ0) is 14.4. The van der Waals surface area contributed by atoms with E-state index in [1.807, 2.05) is 19.2 Å². The third kappa shape index (κ3) is 3.81. The Kier molecular flexibility index (Phi) is 5.57. The Balaban J connectivity index is 1.99. The highest BCUT2D eigenvalue weighted by Crippen LogP contribution is 2.25. The first-order valence-electron chi connectivity index (χ1n) is 7.98. The molecule has 1 atom stereocenters. The van der Waals surface area contributed by atoms with Crippen molar-refractivity contribution in [2.45, 2.75) is 52.4 Å². The highest BCUT2D eigenvalue weighted by atomic mass is 16.1. The van der Waals surface area contributed by atoms with E-state index in [1.165, 1.54) is 32.1 Å². The van der Waals surface area contributed by atoms with Crippen LogP contribution in [0.1, 0.15) is 62.9 Å². The summed E-state index contributed by atoms with van der Waals surface area (Å²) >= 11 is 0. The molecule has 1 saturated heterocycles. The monoisotopic (exact) mass is 274 g/mol. The molecule has 0 spiro atoms. The molecule has 0 bridgehead atoms. The van der Waals surface area contributed by atoms with Crippen LogP contribution < -0.4 is 4.90 Å². The maximum atomic E-state index is 11.6. The SMILES string of the molecule is CCCC1CCCN(c2ccc(C(=O)CC)nc2)CC1. The van der Waals surface area contributed by atoms with Crippen LogP contribution in [-0.2, 0) is 0 Å². The molecule has 1 aromatic rings. The van der Waals surface area contributed by atoms with Gasteiger partial charge in [0.2, 0.25) is 0 Å². The van der Waals surface area contributed by atoms with Crippen LogP contribution in [0.2, 0.25) is 0 Å². The Morgan fingerprint density at radius 3 is 2.80 bits per heavy atom. The molecule has 1 unspecified atom stereocenters. The number of ketones is 1. The maximum Gasteiger partial charge on any atom is 0.180 e. The van der Waals surface area contributed by atoms with Crippen LogP contribution in [0.5, 0.6) is 0 Å². The second-order valence-corrected chi connectivity index (χ2v) is 5.75. The summed E-state index contributed by atoms with van der Waals surface area (Å²) in [7, 11) is 0. The van der Waals surface area contributed by atoms with Crippen LogP contribution in [0.3, 0.4) is 0 Å². The summed E-state index contributed by atoms with van der Waals surface area (Å²) in [5, 5.41) is 0. The van der Waals surface area contributed by atoms with E-state index in [0.29, 0.717) is 12.1 Å². The summed E-state index contributed by atoms with van der Waals surface area (Å²) in [5.41, 5.74) is 1.75. The van der Waals surface area contributed by atoms with E-state index < -0.39 is 0 Å². The summed E-state index contributed by atoms with van der Waals surface area (Å²) in [6.45, 7) is 6.38. The lowest BCUT2D eigenvalue weighted by Crippen LogP contribution is -2.24. The molecule has 0 amide bonds. The van der Waals surface area contributed by atoms with Gasteiger partial charge in [-0.3, -0.25) is 9.78 Å². The first kappa shape index (κ1) is 15.0. The molecule has 110 valence electrons. The lowest BCUT2D eigenvalue weighted by atomic mass is 9.96. The van der Waals surface area contributed by atoms with Crippen LogP contribution in [0.25, 0.3) is 0 Å². The minimum absolute atomic E-state index is 0.121. The Hall–Kier alpha value is -1.38. The van der Waals surface area contributed by atoms with Crippen LogP contribution in [0.4, 0.5) is 5.69 Å². The topological polar surface area (TPSA) is 33.2 Å². The summed E-state index contributed by atoms with van der Waals surface area (Å²) in [5.74, 6) is 1.01. The Labute approximate surface area is 122 Å². The molecule has 0 radical (unpaired) electrons. The van der Waals surface area contributed by atoms with E-state index in [-0.39, 0.29) is 5.78 Å². The third-order valence-corrected chi connectivity index (χ3v) is 4.26. The van der Waals surface area contributed by atoms with Gasteiger partial charge in [0.15, 0.2) is 5.78 Å². The molecule has 1 aliphatic heterocycles. The van der Waals surface area contributed by atoms with Crippen LogP contribution in [0.15, 0.2) is 18.3 Å². The smallest absolute Gasteiger partial charge is 0.180 e.